The van der Waals surface area contributed by atoms with E-state index in [1.807, 2.05) is 13.8 Å². The summed E-state index contributed by atoms with van der Waals surface area (Å²) in [7, 11) is 0. The van der Waals surface area contributed by atoms with Gasteiger partial charge in [0.05, 0.1) is 0 Å². The third-order valence-corrected chi connectivity index (χ3v) is 7.92. The van der Waals surface area contributed by atoms with Gasteiger partial charge in [-0.15, -0.1) is 0 Å². The van der Waals surface area contributed by atoms with Crippen molar-refractivity contribution in [3.63, 3.8) is 0 Å². The summed E-state index contributed by atoms with van der Waals surface area (Å²) in [6, 6.07) is 0.785. The number of nitrogens with one attached hydrogen (secondary N) is 1. The highest BCUT2D eigenvalue weighted by Gasteiger charge is 2.29. The fourth-order valence-corrected chi connectivity index (χ4v) is 5.61. The number of rotatable bonds is 8. The molecule has 2 aliphatic rings. The standard InChI is InChI=1S/C18H37N.C9H18.C2H6/c1-6-8-14(3)9-10-15(4)17-11-12-18(19-7-2)16(5)13-17;1-8-4-3-5-9(2)7-6-8;1-2/h14-19H,6-13H2,1-5H3;8-9H,3-7H2,1-2H3;1-2H3. The molecule has 1 N–H and O–H groups in total. The van der Waals surface area contributed by atoms with Crippen molar-refractivity contribution in [3.05, 3.63) is 0 Å². The van der Waals surface area contributed by atoms with Crippen LogP contribution in [-0.2, 0) is 0 Å². The Labute approximate surface area is 193 Å². The molecule has 2 saturated carbocycles. The summed E-state index contributed by atoms with van der Waals surface area (Å²) in [5.41, 5.74) is 0. The molecule has 0 spiro atoms. The second kappa shape index (κ2) is 18.5. The average molecular weight is 424 g/mol. The van der Waals surface area contributed by atoms with E-state index in [1.54, 1.807) is 0 Å². The van der Waals surface area contributed by atoms with E-state index in [-0.39, 0.29) is 0 Å². The minimum atomic E-state index is 0.785. The molecule has 0 aromatic heterocycles. The van der Waals surface area contributed by atoms with Gasteiger partial charge >= 0.3 is 0 Å². The van der Waals surface area contributed by atoms with E-state index in [1.165, 1.54) is 77.0 Å². The molecule has 0 aromatic rings. The Bertz CT molecular complexity index is 355. The lowest BCUT2D eigenvalue weighted by molar-refractivity contribution is 0.163. The summed E-state index contributed by atoms with van der Waals surface area (Å²) in [6.07, 6.45) is 17.3. The molecule has 7 unspecified atom stereocenters. The minimum Gasteiger partial charge on any atom is -0.314 e. The van der Waals surface area contributed by atoms with Gasteiger partial charge in [0.15, 0.2) is 0 Å². The fraction of sp³-hybridized carbons (Fsp3) is 1.00. The van der Waals surface area contributed by atoms with Gasteiger partial charge in [0.1, 0.15) is 0 Å². The van der Waals surface area contributed by atoms with Crippen LogP contribution in [0.25, 0.3) is 0 Å². The lowest BCUT2D eigenvalue weighted by Gasteiger charge is -2.37. The SMILES string of the molecule is CC.CC1CCCC(C)CC1.CCCC(C)CCC(C)C1CCC(NCC)C(C)C1. The minimum absolute atomic E-state index is 0.785. The first-order valence-corrected chi connectivity index (χ1v) is 14.1. The van der Waals surface area contributed by atoms with Crippen molar-refractivity contribution >= 4 is 0 Å². The van der Waals surface area contributed by atoms with Gasteiger partial charge < -0.3 is 5.32 Å². The molecule has 0 aromatic carbocycles. The predicted octanol–water partition coefficient (Wildman–Crippen LogP) is 9.50. The molecule has 7 atom stereocenters. The van der Waals surface area contributed by atoms with Gasteiger partial charge in [-0.1, -0.05) is 120 Å². The molecule has 182 valence electrons. The Kier molecular flexibility index (Phi) is 18.5. The van der Waals surface area contributed by atoms with Crippen LogP contribution in [-0.4, -0.2) is 12.6 Å². The van der Waals surface area contributed by atoms with Gasteiger partial charge in [0.25, 0.3) is 0 Å². The second-order valence-corrected chi connectivity index (χ2v) is 10.9. The fourth-order valence-electron chi connectivity index (χ4n) is 5.61. The predicted molar refractivity (Wildman–Crippen MR) is 139 cm³/mol. The zero-order chi connectivity index (χ0) is 22.9. The van der Waals surface area contributed by atoms with E-state index >= 15 is 0 Å². The van der Waals surface area contributed by atoms with E-state index in [0.29, 0.717) is 0 Å². The number of hydrogen-bond donors (Lipinski definition) is 1. The highest BCUT2D eigenvalue weighted by molar-refractivity contribution is 4.84. The van der Waals surface area contributed by atoms with E-state index in [0.717, 1.165) is 48.1 Å². The van der Waals surface area contributed by atoms with Gasteiger partial charge in [-0.3, -0.25) is 0 Å². The maximum atomic E-state index is 3.66. The molecule has 2 aliphatic carbocycles. The summed E-state index contributed by atoms with van der Waals surface area (Å²) in [6.45, 7) is 21.8. The van der Waals surface area contributed by atoms with Crippen LogP contribution in [0.5, 0.6) is 0 Å². The molecule has 1 nitrogen and oxygen atoms in total. The van der Waals surface area contributed by atoms with Crippen LogP contribution in [0.4, 0.5) is 0 Å². The van der Waals surface area contributed by atoms with Gasteiger partial charge in [-0.2, -0.15) is 0 Å². The van der Waals surface area contributed by atoms with E-state index < -0.39 is 0 Å². The molecule has 2 fully saturated rings. The molecule has 0 saturated heterocycles. The number of hydrogen-bond acceptors (Lipinski definition) is 1. The van der Waals surface area contributed by atoms with Gasteiger partial charge in [0.2, 0.25) is 0 Å². The van der Waals surface area contributed by atoms with Crippen molar-refractivity contribution in [1.82, 2.24) is 5.32 Å². The normalized spacial score (nSPS) is 31.3. The zero-order valence-electron chi connectivity index (χ0n) is 22.7. The van der Waals surface area contributed by atoms with E-state index in [4.69, 9.17) is 0 Å². The zero-order valence-corrected chi connectivity index (χ0v) is 22.7. The van der Waals surface area contributed by atoms with Crippen LogP contribution in [0.2, 0.25) is 0 Å². The van der Waals surface area contributed by atoms with Crippen molar-refractivity contribution in [2.24, 2.45) is 35.5 Å². The van der Waals surface area contributed by atoms with Crippen molar-refractivity contribution in [1.29, 1.82) is 0 Å². The summed E-state index contributed by atoms with van der Waals surface area (Å²) < 4.78 is 0. The lowest BCUT2D eigenvalue weighted by atomic mass is 9.72. The summed E-state index contributed by atoms with van der Waals surface area (Å²) in [4.78, 5) is 0. The van der Waals surface area contributed by atoms with Crippen LogP contribution in [0.3, 0.4) is 0 Å². The van der Waals surface area contributed by atoms with Crippen molar-refractivity contribution in [2.45, 2.75) is 145 Å². The molecule has 30 heavy (non-hydrogen) atoms. The highest BCUT2D eigenvalue weighted by Crippen LogP contribution is 2.36. The molecular formula is C29H61N. The maximum absolute atomic E-state index is 3.66. The Morgan fingerprint density at radius 2 is 1.37 bits per heavy atom. The van der Waals surface area contributed by atoms with Crippen molar-refractivity contribution in [3.8, 4) is 0 Å². The molecule has 2 rings (SSSR count). The van der Waals surface area contributed by atoms with E-state index in [2.05, 4.69) is 53.8 Å². The Hall–Kier alpha value is -0.0400. The van der Waals surface area contributed by atoms with Crippen molar-refractivity contribution < 1.29 is 0 Å². The van der Waals surface area contributed by atoms with Gasteiger partial charge in [-0.05, 0) is 61.3 Å². The topological polar surface area (TPSA) is 12.0 Å². The summed E-state index contributed by atoms with van der Waals surface area (Å²) in [5, 5.41) is 3.66. The molecular weight excluding hydrogens is 362 g/mol. The monoisotopic (exact) mass is 423 g/mol. The van der Waals surface area contributed by atoms with Crippen LogP contribution < -0.4 is 5.32 Å². The van der Waals surface area contributed by atoms with Gasteiger partial charge in [-0.25, -0.2) is 0 Å². The molecule has 0 amide bonds. The van der Waals surface area contributed by atoms with Crippen LogP contribution >= 0.6 is 0 Å². The first-order valence-electron chi connectivity index (χ1n) is 14.1. The average Bonchev–Trinajstić information content (AvgIpc) is 2.93. The van der Waals surface area contributed by atoms with Crippen LogP contribution in [0, 0.1) is 35.5 Å². The van der Waals surface area contributed by atoms with Crippen LogP contribution in [0.15, 0.2) is 0 Å². The quantitative estimate of drug-likeness (QED) is 0.383. The Morgan fingerprint density at radius 1 is 0.767 bits per heavy atom. The highest BCUT2D eigenvalue weighted by atomic mass is 14.9. The van der Waals surface area contributed by atoms with Crippen molar-refractivity contribution in [2.75, 3.05) is 6.54 Å². The molecule has 0 bridgehead atoms. The summed E-state index contributed by atoms with van der Waals surface area (Å²) in [5.74, 6) is 5.74. The third kappa shape index (κ3) is 13.4. The largest absolute Gasteiger partial charge is 0.314 e. The Morgan fingerprint density at radius 3 is 1.87 bits per heavy atom. The molecule has 1 heteroatoms. The van der Waals surface area contributed by atoms with Crippen LogP contribution in [0.1, 0.15) is 139 Å². The molecule has 0 aliphatic heterocycles. The molecule has 0 heterocycles. The first kappa shape index (κ1) is 30.0. The smallest absolute Gasteiger partial charge is 0.00927 e. The first-order chi connectivity index (χ1) is 14.4. The molecule has 0 radical (unpaired) electrons. The maximum Gasteiger partial charge on any atom is 0.00927 e. The summed E-state index contributed by atoms with van der Waals surface area (Å²) >= 11 is 0. The lowest BCUT2D eigenvalue weighted by Crippen LogP contribution is -2.40. The second-order valence-electron chi connectivity index (χ2n) is 10.9. The van der Waals surface area contributed by atoms with E-state index in [9.17, 15) is 0 Å². The Balaban J connectivity index is 0.000000636. The third-order valence-electron chi connectivity index (χ3n) is 7.92. The van der Waals surface area contributed by atoms with Gasteiger partial charge in [0, 0.05) is 6.04 Å².